The summed E-state index contributed by atoms with van der Waals surface area (Å²) in [6.45, 7) is 10.8. The zero-order valence-electron chi connectivity index (χ0n) is 14.1. The van der Waals surface area contributed by atoms with Gasteiger partial charge in [0.05, 0.1) is 0 Å². The summed E-state index contributed by atoms with van der Waals surface area (Å²) in [5.74, 6) is 0. The highest BCUT2D eigenvalue weighted by atomic mass is 79.9. The molecule has 0 bridgehead atoms. The van der Waals surface area contributed by atoms with Crippen molar-refractivity contribution < 1.29 is 0 Å². The van der Waals surface area contributed by atoms with Gasteiger partial charge in [-0.15, -0.1) is 0 Å². The normalized spacial score (nSPS) is 11.4. The standard InChI is InChI=1S/C17H30BrN3/c1-6-21(11-7-10-20(4)5)16-9-8-15(17(18)12-16)13-19-14(2)3/h8-9,12,14,19H,6-7,10-11,13H2,1-5H3. The number of rotatable bonds is 9. The first-order valence-electron chi connectivity index (χ1n) is 7.85. The summed E-state index contributed by atoms with van der Waals surface area (Å²) in [5.41, 5.74) is 2.62. The first kappa shape index (κ1) is 18.5. The quantitative estimate of drug-likeness (QED) is 0.727. The van der Waals surface area contributed by atoms with E-state index < -0.39 is 0 Å². The lowest BCUT2D eigenvalue weighted by atomic mass is 10.1. The van der Waals surface area contributed by atoms with Gasteiger partial charge in [-0.25, -0.2) is 0 Å². The Morgan fingerprint density at radius 2 is 1.90 bits per heavy atom. The van der Waals surface area contributed by atoms with Crippen LogP contribution in [0.4, 0.5) is 5.69 Å². The number of nitrogens with one attached hydrogen (secondary N) is 1. The second kappa shape index (κ2) is 9.44. The number of halogens is 1. The fourth-order valence-corrected chi connectivity index (χ4v) is 2.74. The van der Waals surface area contributed by atoms with E-state index in [1.54, 1.807) is 0 Å². The smallest absolute Gasteiger partial charge is 0.0377 e. The van der Waals surface area contributed by atoms with Crippen molar-refractivity contribution in [3.8, 4) is 0 Å². The number of hydrogen-bond acceptors (Lipinski definition) is 3. The van der Waals surface area contributed by atoms with E-state index in [1.807, 2.05) is 0 Å². The Balaban J connectivity index is 2.66. The maximum absolute atomic E-state index is 3.71. The number of hydrogen-bond donors (Lipinski definition) is 1. The highest BCUT2D eigenvalue weighted by molar-refractivity contribution is 9.10. The van der Waals surface area contributed by atoms with Crippen LogP contribution >= 0.6 is 15.9 Å². The van der Waals surface area contributed by atoms with Crippen LogP contribution in [0.25, 0.3) is 0 Å². The summed E-state index contributed by atoms with van der Waals surface area (Å²) in [4.78, 5) is 4.68. The van der Waals surface area contributed by atoms with E-state index in [9.17, 15) is 0 Å². The van der Waals surface area contributed by atoms with Gasteiger partial charge in [0.1, 0.15) is 0 Å². The monoisotopic (exact) mass is 355 g/mol. The minimum absolute atomic E-state index is 0.509. The molecule has 1 aromatic rings. The Labute approximate surface area is 138 Å². The summed E-state index contributed by atoms with van der Waals surface area (Å²) < 4.78 is 1.19. The molecular formula is C17H30BrN3. The van der Waals surface area contributed by atoms with Crippen molar-refractivity contribution in [1.29, 1.82) is 0 Å². The first-order valence-corrected chi connectivity index (χ1v) is 8.64. The highest BCUT2D eigenvalue weighted by Crippen LogP contribution is 2.24. The molecule has 1 rings (SSSR count). The van der Waals surface area contributed by atoms with Crippen molar-refractivity contribution in [2.24, 2.45) is 0 Å². The largest absolute Gasteiger partial charge is 0.372 e. The summed E-state index contributed by atoms with van der Waals surface area (Å²) >= 11 is 3.71. The molecule has 120 valence electrons. The molecule has 4 heteroatoms. The van der Waals surface area contributed by atoms with Crippen molar-refractivity contribution >= 4 is 21.6 Å². The lowest BCUT2D eigenvalue weighted by Gasteiger charge is -2.25. The van der Waals surface area contributed by atoms with E-state index in [-0.39, 0.29) is 0 Å². The van der Waals surface area contributed by atoms with E-state index >= 15 is 0 Å². The molecule has 0 fully saturated rings. The van der Waals surface area contributed by atoms with Gasteiger partial charge in [0.15, 0.2) is 0 Å². The molecular weight excluding hydrogens is 326 g/mol. The Bertz CT molecular complexity index is 418. The van der Waals surface area contributed by atoms with Crippen LogP contribution in [-0.2, 0) is 6.54 Å². The Morgan fingerprint density at radius 3 is 2.43 bits per heavy atom. The third-order valence-corrected chi connectivity index (χ3v) is 4.26. The maximum Gasteiger partial charge on any atom is 0.0377 e. The lowest BCUT2D eigenvalue weighted by molar-refractivity contribution is 0.400. The van der Waals surface area contributed by atoms with Crippen LogP contribution in [0, 0.1) is 0 Å². The fourth-order valence-electron chi connectivity index (χ4n) is 2.24. The number of benzene rings is 1. The molecule has 21 heavy (non-hydrogen) atoms. The van der Waals surface area contributed by atoms with Crippen LogP contribution in [0.3, 0.4) is 0 Å². The van der Waals surface area contributed by atoms with Gasteiger partial charge >= 0.3 is 0 Å². The van der Waals surface area contributed by atoms with Gasteiger partial charge in [-0.3, -0.25) is 0 Å². The summed E-state index contributed by atoms with van der Waals surface area (Å²) in [5, 5.41) is 3.46. The van der Waals surface area contributed by atoms with Crippen molar-refractivity contribution in [3.63, 3.8) is 0 Å². The third kappa shape index (κ3) is 6.81. The lowest BCUT2D eigenvalue weighted by Crippen LogP contribution is -2.27. The molecule has 0 amide bonds. The van der Waals surface area contributed by atoms with E-state index in [4.69, 9.17) is 0 Å². The molecule has 1 aromatic carbocycles. The molecule has 0 aliphatic carbocycles. The van der Waals surface area contributed by atoms with E-state index in [0.717, 1.165) is 26.2 Å². The van der Waals surface area contributed by atoms with Gasteiger partial charge in [0, 0.05) is 35.8 Å². The van der Waals surface area contributed by atoms with Gasteiger partial charge in [-0.1, -0.05) is 35.8 Å². The van der Waals surface area contributed by atoms with Crippen LogP contribution in [-0.4, -0.2) is 44.7 Å². The average molecular weight is 356 g/mol. The van der Waals surface area contributed by atoms with Gasteiger partial charge < -0.3 is 15.1 Å². The average Bonchev–Trinajstić information content (AvgIpc) is 2.42. The van der Waals surface area contributed by atoms with E-state index in [2.05, 4.69) is 84.1 Å². The Morgan fingerprint density at radius 1 is 1.19 bits per heavy atom. The molecule has 0 saturated heterocycles. The molecule has 0 unspecified atom stereocenters. The van der Waals surface area contributed by atoms with Crippen LogP contribution in [0.15, 0.2) is 22.7 Å². The molecule has 0 radical (unpaired) electrons. The molecule has 3 nitrogen and oxygen atoms in total. The van der Waals surface area contributed by atoms with Crippen LogP contribution in [0.2, 0.25) is 0 Å². The van der Waals surface area contributed by atoms with Gasteiger partial charge in [-0.2, -0.15) is 0 Å². The predicted octanol–water partition coefficient (Wildman–Crippen LogP) is 3.73. The molecule has 0 heterocycles. The Hall–Kier alpha value is -0.580. The number of nitrogens with zero attached hydrogens (tertiary/aromatic N) is 2. The SMILES string of the molecule is CCN(CCCN(C)C)c1ccc(CNC(C)C)c(Br)c1. The third-order valence-electron chi connectivity index (χ3n) is 3.52. The zero-order valence-corrected chi connectivity index (χ0v) is 15.7. The molecule has 0 spiro atoms. The number of anilines is 1. The first-order chi connectivity index (χ1) is 9.93. The Kier molecular flexibility index (Phi) is 8.30. The highest BCUT2D eigenvalue weighted by Gasteiger charge is 2.08. The summed E-state index contributed by atoms with van der Waals surface area (Å²) in [7, 11) is 4.26. The van der Waals surface area contributed by atoms with Gasteiger partial charge in [-0.05, 0) is 51.7 Å². The topological polar surface area (TPSA) is 18.5 Å². The molecule has 0 saturated carbocycles. The van der Waals surface area contributed by atoms with E-state index in [1.165, 1.54) is 22.1 Å². The minimum Gasteiger partial charge on any atom is -0.372 e. The minimum atomic E-state index is 0.509. The zero-order chi connectivity index (χ0) is 15.8. The molecule has 1 N–H and O–H groups in total. The van der Waals surface area contributed by atoms with Crippen molar-refractivity contribution in [2.75, 3.05) is 38.6 Å². The van der Waals surface area contributed by atoms with Crippen molar-refractivity contribution in [3.05, 3.63) is 28.2 Å². The van der Waals surface area contributed by atoms with Crippen molar-refractivity contribution in [2.45, 2.75) is 39.8 Å². The summed E-state index contributed by atoms with van der Waals surface area (Å²) in [6.07, 6.45) is 1.19. The van der Waals surface area contributed by atoms with Gasteiger partial charge in [0.2, 0.25) is 0 Å². The second-order valence-electron chi connectivity index (χ2n) is 6.05. The van der Waals surface area contributed by atoms with Gasteiger partial charge in [0.25, 0.3) is 0 Å². The fraction of sp³-hybridized carbons (Fsp3) is 0.647. The maximum atomic E-state index is 3.71. The summed E-state index contributed by atoms with van der Waals surface area (Å²) in [6, 6.07) is 7.22. The van der Waals surface area contributed by atoms with E-state index in [0.29, 0.717) is 6.04 Å². The van der Waals surface area contributed by atoms with Crippen LogP contribution < -0.4 is 10.2 Å². The second-order valence-corrected chi connectivity index (χ2v) is 6.90. The van der Waals surface area contributed by atoms with Crippen molar-refractivity contribution in [1.82, 2.24) is 10.2 Å². The predicted molar refractivity (Wildman–Crippen MR) is 97.2 cm³/mol. The molecule has 0 aromatic heterocycles. The molecule has 0 aliphatic heterocycles. The molecule has 0 atom stereocenters. The molecule has 0 aliphatic rings. The van der Waals surface area contributed by atoms with Crippen LogP contribution in [0.5, 0.6) is 0 Å². The van der Waals surface area contributed by atoms with Crippen LogP contribution in [0.1, 0.15) is 32.8 Å².